The molecule has 3 rings (SSSR count). The number of aromatic amines is 1. The number of ether oxygens (including phenoxy) is 1. The molecule has 0 aromatic carbocycles. The molecule has 1 unspecified atom stereocenters. The summed E-state index contributed by atoms with van der Waals surface area (Å²) in [7, 11) is 0. The summed E-state index contributed by atoms with van der Waals surface area (Å²) in [5.41, 5.74) is 0.819. The minimum atomic E-state index is 0.0165. The highest BCUT2D eigenvalue weighted by atomic mass is 16.5. The van der Waals surface area contributed by atoms with Crippen molar-refractivity contribution >= 4 is 5.82 Å². The number of anilines is 1. The van der Waals surface area contributed by atoms with E-state index in [4.69, 9.17) is 4.74 Å². The van der Waals surface area contributed by atoms with Gasteiger partial charge < -0.3 is 15.0 Å². The average Bonchev–Trinajstić information content (AvgIpc) is 2.40. The van der Waals surface area contributed by atoms with Crippen LogP contribution in [0, 0.1) is 0 Å². The molecule has 2 aliphatic rings. The highest BCUT2D eigenvalue weighted by Gasteiger charge is 2.22. The Morgan fingerprint density at radius 3 is 3.12 bits per heavy atom. The largest absolute Gasteiger partial charge is 0.381 e. The van der Waals surface area contributed by atoms with Gasteiger partial charge in [-0.05, 0) is 25.7 Å². The van der Waals surface area contributed by atoms with E-state index < -0.39 is 0 Å². The van der Waals surface area contributed by atoms with Gasteiger partial charge in [0.25, 0.3) is 5.56 Å². The van der Waals surface area contributed by atoms with Crippen molar-refractivity contribution in [3.05, 3.63) is 21.7 Å². The molecule has 1 aromatic rings. The van der Waals surface area contributed by atoms with Crippen molar-refractivity contribution in [1.29, 1.82) is 0 Å². The fourth-order valence-electron chi connectivity index (χ4n) is 2.52. The van der Waals surface area contributed by atoms with Crippen LogP contribution in [0.1, 0.15) is 36.6 Å². The second-order valence-corrected chi connectivity index (χ2v) is 4.72. The maximum Gasteiger partial charge on any atom is 0.256 e. The molecule has 0 saturated carbocycles. The van der Waals surface area contributed by atoms with E-state index in [1.54, 1.807) is 0 Å². The van der Waals surface area contributed by atoms with Crippen LogP contribution in [0.2, 0.25) is 0 Å². The van der Waals surface area contributed by atoms with Crippen molar-refractivity contribution in [2.75, 3.05) is 25.1 Å². The van der Waals surface area contributed by atoms with Gasteiger partial charge in [-0.3, -0.25) is 4.79 Å². The minimum Gasteiger partial charge on any atom is -0.381 e. The van der Waals surface area contributed by atoms with Crippen LogP contribution >= 0.6 is 0 Å². The first kappa shape index (κ1) is 10.8. The van der Waals surface area contributed by atoms with Gasteiger partial charge in [0.15, 0.2) is 0 Å². The first-order chi connectivity index (χ1) is 8.34. The average molecular weight is 235 g/mol. The lowest BCUT2D eigenvalue weighted by Crippen LogP contribution is -2.27. The minimum absolute atomic E-state index is 0.0165. The lowest BCUT2D eigenvalue weighted by atomic mass is 10.0. The second kappa shape index (κ2) is 4.49. The topological polar surface area (TPSA) is 67.0 Å². The molecule has 0 aliphatic carbocycles. The smallest absolute Gasteiger partial charge is 0.256 e. The van der Waals surface area contributed by atoms with Crippen molar-refractivity contribution in [2.45, 2.75) is 31.6 Å². The van der Waals surface area contributed by atoms with Gasteiger partial charge in [-0.2, -0.15) is 0 Å². The van der Waals surface area contributed by atoms with Crippen LogP contribution in [0.5, 0.6) is 0 Å². The number of nitrogens with one attached hydrogen (secondary N) is 2. The molecule has 1 aromatic heterocycles. The lowest BCUT2D eigenvalue weighted by molar-refractivity contribution is 0.0780. The van der Waals surface area contributed by atoms with Crippen LogP contribution in [0.15, 0.2) is 4.79 Å². The normalized spacial score (nSPS) is 23.9. The summed E-state index contributed by atoms with van der Waals surface area (Å²) in [6.45, 7) is 2.40. The van der Waals surface area contributed by atoms with E-state index in [2.05, 4.69) is 15.3 Å². The Labute approximate surface area is 99.6 Å². The molecular formula is C12H17N3O2. The zero-order chi connectivity index (χ0) is 11.7. The van der Waals surface area contributed by atoms with Gasteiger partial charge in [0.2, 0.25) is 0 Å². The number of hydrogen-bond donors (Lipinski definition) is 2. The summed E-state index contributed by atoms with van der Waals surface area (Å²) in [6.07, 6.45) is 3.91. The first-order valence-corrected chi connectivity index (χ1v) is 6.29. The lowest BCUT2D eigenvalue weighted by Gasteiger charge is -2.23. The zero-order valence-corrected chi connectivity index (χ0v) is 9.79. The summed E-state index contributed by atoms with van der Waals surface area (Å²) in [4.78, 5) is 19.4. The van der Waals surface area contributed by atoms with Gasteiger partial charge in [0.1, 0.15) is 11.6 Å². The Morgan fingerprint density at radius 1 is 1.35 bits per heavy atom. The number of hydrogen-bond acceptors (Lipinski definition) is 4. The van der Waals surface area contributed by atoms with Gasteiger partial charge in [-0.25, -0.2) is 4.98 Å². The van der Waals surface area contributed by atoms with Crippen LogP contribution in [-0.2, 0) is 11.2 Å². The number of fused-ring (bicyclic) bond motifs is 1. The van der Waals surface area contributed by atoms with E-state index >= 15 is 0 Å². The zero-order valence-electron chi connectivity index (χ0n) is 9.79. The van der Waals surface area contributed by atoms with E-state index in [1.165, 1.54) is 0 Å². The van der Waals surface area contributed by atoms with Crippen LogP contribution in [0.3, 0.4) is 0 Å². The molecule has 0 radical (unpaired) electrons. The highest BCUT2D eigenvalue weighted by Crippen LogP contribution is 2.24. The Hall–Kier alpha value is -1.36. The molecule has 0 spiro atoms. The van der Waals surface area contributed by atoms with E-state index in [1.807, 2.05) is 0 Å². The number of rotatable bonds is 1. The molecule has 2 N–H and O–H groups in total. The Bertz CT molecular complexity index is 463. The predicted octanol–water partition coefficient (Wildman–Crippen LogP) is 1.02. The molecule has 1 fully saturated rings. The number of aromatic nitrogens is 2. The maximum atomic E-state index is 12.0. The van der Waals surface area contributed by atoms with Crippen LogP contribution < -0.4 is 10.9 Å². The molecule has 3 heterocycles. The third kappa shape index (κ3) is 2.07. The molecule has 92 valence electrons. The molecule has 0 amide bonds. The second-order valence-electron chi connectivity index (χ2n) is 4.72. The standard InChI is InChI=1S/C12H17N3O2/c16-12-9-4-1-5-13-11(9)14-10(15-12)8-3-2-6-17-7-8/h8H,1-7H2,(H2,13,14,15,16). The van der Waals surface area contributed by atoms with E-state index in [0.29, 0.717) is 6.61 Å². The first-order valence-electron chi connectivity index (χ1n) is 6.29. The maximum absolute atomic E-state index is 12.0. The SMILES string of the molecule is O=c1[nH]c(C2CCCOC2)nc2c1CCCN2. The Balaban J connectivity index is 1.95. The molecule has 5 nitrogen and oxygen atoms in total. The summed E-state index contributed by atoms with van der Waals surface area (Å²) in [5, 5.41) is 3.21. The van der Waals surface area contributed by atoms with E-state index in [0.717, 1.165) is 56.0 Å². The van der Waals surface area contributed by atoms with Gasteiger partial charge in [0, 0.05) is 19.1 Å². The van der Waals surface area contributed by atoms with Crippen LogP contribution in [0.25, 0.3) is 0 Å². The van der Waals surface area contributed by atoms with E-state index in [9.17, 15) is 4.79 Å². The molecule has 5 heteroatoms. The van der Waals surface area contributed by atoms with Crippen molar-refractivity contribution in [1.82, 2.24) is 9.97 Å². The third-order valence-electron chi connectivity index (χ3n) is 3.48. The molecule has 2 aliphatic heterocycles. The monoisotopic (exact) mass is 235 g/mol. The van der Waals surface area contributed by atoms with Gasteiger partial charge >= 0.3 is 0 Å². The Morgan fingerprint density at radius 2 is 2.29 bits per heavy atom. The number of H-pyrrole nitrogens is 1. The van der Waals surface area contributed by atoms with Gasteiger partial charge in [0.05, 0.1) is 12.2 Å². The summed E-state index contributed by atoms with van der Waals surface area (Å²) >= 11 is 0. The quantitative estimate of drug-likeness (QED) is 0.762. The molecule has 1 atom stereocenters. The summed E-state index contributed by atoms with van der Waals surface area (Å²) in [5.74, 6) is 1.80. The van der Waals surface area contributed by atoms with E-state index in [-0.39, 0.29) is 11.5 Å². The highest BCUT2D eigenvalue weighted by molar-refractivity contribution is 5.45. The molecule has 17 heavy (non-hydrogen) atoms. The van der Waals surface area contributed by atoms with Crippen molar-refractivity contribution in [3.63, 3.8) is 0 Å². The van der Waals surface area contributed by atoms with Crippen molar-refractivity contribution < 1.29 is 4.74 Å². The van der Waals surface area contributed by atoms with Crippen LogP contribution in [-0.4, -0.2) is 29.7 Å². The van der Waals surface area contributed by atoms with Crippen molar-refractivity contribution in [3.8, 4) is 0 Å². The summed E-state index contributed by atoms with van der Waals surface area (Å²) in [6, 6.07) is 0. The van der Waals surface area contributed by atoms with Gasteiger partial charge in [-0.15, -0.1) is 0 Å². The third-order valence-corrected chi connectivity index (χ3v) is 3.48. The Kier molecular flexibility index (Phi) is 2.84. The molecule has 0 bridgehead atoms. The fourth-order valence-corrected chi connectivity index (χ4v) is 2.52. The fraction of sp³-hybridized carbons (Fsp3) is 0.667. The van der Waals surface area contributed by atoms with Gasteiger partial charge in [-0.1, -0.05) is 0 Å². The summed E-state index contributed by atoms with van der Waals surface area (Å²) < 4.78 is 5.44. The number of nitrogens with zero attached hydrogens (tertiary/aromatic N) is 1. The molecular weight excluding hydrogens is 218 g/mol. The van der Waals surface area contributed by atoms with Crippen molar-refractivity contribution in [2.24, 2.45) is 0 Å². The predicted molar refractivity (Wildman–Crippen MR) is 64.5 cm³/mol. The molecule has 1 saturated heterocycles. The van der Waals surface area contributed by atoms with Crippen LogP contribution in [0.4, 0.5) is 5.82 Å².